The monoisotopic (exact) mass is 177 g/mol. The highest BCUT2D eigenvalue weighted by Gasteiger charge is 2.29. The molecule has 0 aromatic carbocycles. The molecule has 0 unspecified atom stereocenters. The van der Waals surface area contributed by atoms with Crippen molar-refractivity contribution >= 4 is 12.4 Å². The molecule has 0 aromatic rings. The van der Waals surface area contributed by atoms with Crippen LogP contribution in [-0.4, -0.2) is 6.04 Å². The normalized spacial score (nSPS) is 36.0. The molecule has 2 N–H and O–H groups in total. The van der Waals surface area contributed by atoms with Crippen molar-refractivity contribution in [1.82, 2.24) is 0 Å². The summed E-state index contributed by atoms with van der Waals surface area (Å²) in [5.74, 6) is 0.832. The first-order valence-electron chi connectivity index (χ1n) is 4.25. The molecule has 2 heteroatoms. The largest absolute Gasteiger partial charge is 0.328 e. The lowest BCUT2D eigenvalue weighted by Crippen LogP contribution is -2.36. The molecule has 1 rings (SSSR count). The molecule has 0 aromatic heterocycles. The van der Waals surface area contributed by atoms with E-state index in [9.17, 15) is 0 Å². The van der Waals surface area contributed by atoms with Crippen LogP contribution >= 0.6 is 12.4 Å². The highest BCUT2D eigenvalue weighted by atomic mass is 35.5. The van der Waals surface area contributed by atoms with Gasteiger partial charge in [-0.1, -0.05) is 20.8 Å². The second kappa shape index (κ2) is 3.77. The van der Waals surface area contributed by atoms with Crippen molar-refractivity contribution in [2.45, 2.75) is 46.1 Å². The minimum absolute atomic E-state index is 0. The quantitative estimate of drug-likeness (QED) is 0.605. The number of nitrogens with two attached hydrogens (primary N) is 1. The predicted octanol–water partition coefficient (Wildman–Crippen LogP) is 2.58. The van der Waals surface area contributed by atoms with Gasteiger partial charge < -0.3 is 5.73 Å². The van der Waals surface area contributed by atoms with Crippen molar-refractivity contribution in [3.63, 3.8) is 0 Å². The number of hydrogen-bond donors (Lipinski definition) is 1. The summed E-state index contributed by atoms with van der Waals surface area (Å²) in [6.07, 6.45) is 3.78. The summed E-state index contributed by atoms with van der Waals surface area (Å²) in [6, 6.07) is 0.457. The molecule has 2 atom stereocenters. The average molecular weight is 178 g/mol. The molecule has 0 aliphatic heterocycles. The van der Waals surface area contributed by atoms with Crippen molar-refractivity contribution < 1.29 is 0 Å². The van der Waals surface area contributed by atoms with Crippen LogP contribution in [-0.2, 0) is 0 Å². The van der Waals surface area contributed by atoms with Crippen LogP contribution in [0.4, 0.5) is 0 Å². The van der Waals surface area contributed by atoms with E-state index in [0.717, 1.165) is 5.92 Å². The van der Waals surface area contributed by atoms with E-state index in [1.165, 1.54) is 19.3 Å². The fourth-order valence-corrected chi connectivity index (χ4v) is 2.42. The van der Waals surface area contributed by atoms with Crippen molar-refractivity contribution in [2.75, 3.05) is 0 Å². The van der Waals surface area contributed by atoms with E-state index in [0.29, 0.717) is 11.5 Å². The summed E-state index contributed by atoms with van der Waals surface area (Å²) in [4.78, 5) is 0. The molecule has 1 aliphatic rings. The standard InChI is InChI=1S/C9H19N.ClH/c1-7-4-8(10)6-9(2,3)5-7;/h7-8H,4-6,10H2,1-3H3;1H/t7-,8+;/m0./s1. The van der Waals surface area contributed by atoms with Crippen molar-refractivity contribution in [2.24, 2.45) is 17.1 Å². The van der Waals surface area contributed by atoms with Crippen molar-refractivity contribution in [3.8, 4) is 0 Å². The summed E-state index contributed by atoms with van der Waals surface area (Å²) in [7, 11) is 0. The molecular weight excluding hydrogens is 158 g/mol. The summed E-state index contributed by atoms with van der Waals surface area (Å²) >= 11 is 0. The predicted molar refractivity (Wildman–Crippen MR) is 52.0 cm³/mol. The van der Waals surface area contributed by atoms with Crippen LogP contribution in [0.2, 0.25) is 0 Å². The maximum Gasteiger partial charge on any atom is 0.00464 e. The van der Waals surface area contributed by atoms with Gasteiger partial charge in [0.15, 0.2) is 0 Å². The Labute approximate surface area is 76.1 Å². The third kappa shape index (κ3) is 3.44. The van der Waals surface area contributed by atoms with Gasteiger partial charge in [-0.2, -0.15) is 0 Å². The van der Waals surface area contributed by atoms with Gasteiger partial charge in [-0.3, -0.25) is 0 Å². The van der Waals surface area contributed by atoms with Crippen LogP contribution in [0.1, 0.15) is 40.0 Å². The molecule has 0 bridgehead atoms. The van der Waals surface area contributed by atoms with Gasteiger partial charge in [0.25, 0.3) is 0 Å². The Bertz CT molecular complexity index is 111. The van der Waals surface area contributed by atoms with E-state index in [-0.39, 0.29) is 12.4 Å². The van der Waals surface area contributed by atoms with E-state index in [4.69, 9.17) is 5.73 Å². The highest BCUT2D eigenvalue weighted by Crippen LogP contribution is 2.37. The van der Waals surface area contributed by atoms with Gasteiger partial charge >= 0.3 is 0 Å². The Balaban J connectivity index is 0.000001000. The number of rotatable bonds is 0. The van der Waals surface area contributed by atoms with E-state index in [1.807, 2.05) is 0 Å². The molecule has 0 amide bonds. The third-order valence-corrected chi connectivity index (χ3v) is 2.42. The second-order valence-corrected chi connectivity index (χ2v) is 4.67. The molecule has 0 spiro atoms. The number of hydrogen-bond acceptors (Lipinski definition) is 1. The molecule has 1 nitrogen and oxygen atoms in total. The Kier molecular flexibility index (Phi) is 3.86. The first kappa shape index (κ1) is 11.2. The molecule has 1 fully saturated rings. The summed E-state index contributed by atoms with van der Waals surface area (Å²) in [6.45, 7) is 6.95. The molecule has 0 radical (unpaired) electrons. The van der Waals surface area contributed by atoms with Crippen LogP contribution in [0.15, 0.2) is 0 Å². The molecule has 0 saturated heterocycles. The topological polar surface area (TPSA) is 26.0 Å². The van der Waals surface area contributed by atoms with Crippen LogP contribution in [0.25, 0.3) is 0 Å². The first-order chi connectivity index (χ1) is 4.49. The third-order valence-electron chi connectivity index (χ3n) is 2.42. The Hall–Kier alpha value is 0.250. The molecule has 1 saturated carbocycles. The zero-order valence-electron chi connectivity index (χ0n) is 7.76. The van der Waals surface area contributed by atoms with Gasteiger partial charge in [-0.25, -0.2) is 0 Å². The molecule has 68 valence electrons. The Morgan fingerprint density at radius 3 is 2.18 bits per heavy atom. The average Bonchev–Trinajstić information content (AvgIpc) is 1.54. The van der Waals surface area contributed by atoms with Crippen LogP contribution in [0, 0.1) is 11.3 Å². The lowest BCUT2D eigenvalue weighted by atomic mass is 9.71. The Morgan fingerprint density at radius 2 is 1.82 bits per heavy atom. The van der Waals surface area contributed by atoms with Gasteiger partial charge in [0.05, 0.1) is 0 Å². The minimum Gasteiger partial charge on any atom is -0.328 e. The summed E-state index contributed by atoms with van der Waals surface area (Å²) in [5.41, 5.74) is 6.40. The lowest BCUT2D eigenvalue weighted by Gasteiger charge is -2.37. The van der Waals surface area contributed by atoms with E-state index < -0.39 is 0 Å². The maximum absolute atomic E-state index is 5.90. The number of halogens is 1. The second-order valence-electron chi connectivity index (χ2n) is 4.67. The molecule has 11 heavy (non-hydrogen) atoms. The van der Waals surface area contributed by atoms with Crippen LogP contribution in [0.5, 0.6) is 0 Å². The van der Waals surface area contributed by atoms with Crippen molar-refractivity contribution in [3.05, 3.63) is 0 Å². The zero-order valence-corrected chi connectivity index (χ0v) is 8.58. The van der Waals surface area contributed by atoms with Crippen molar-refractivity contribution in [1.29, 1.82) is 0 Å². The smallest absolute Gasteiger partial charge is 0.00464 e. The van der Waals surface area contributed by atoms with Gasteiger partial charge in [0.1, 0.15) is 0 Å². The maximum atomic E-state index is 5.90. The van der Waals surface area contributed by atoms with Gasteiger partial charge in [0, 0.05) is 6.04 Å². The SMILES string of the molecule is C[C@H]1C[C@@H](N)CC(C)(C)C1.Cl. The fraction of sp³-hybridized carbons (Fsp3) is 1.00. The highest BCUT2D eigenvalue weighted by molar-refractivity contribution is 5.85. The molecule has 0 heterocycles. The van der Waals surface area contributed by atoms with E-state index in [1.54, 1.807) is 0 Å². The lowest BCUT2D eigenvalue weighted by molar-refractivity contribution is 0.170. The van der Waals surface area contributed by atoms with Gasteiger partial charge in [-0.15, -0.1) is 12.4 Å². The summed E-state index contributed by atoms with van der Waals surface area (Å²) < 4.78 is 0. The summed E-state index contributed by atoms with van der Waals surface area (Å²) in [5, 5.41) is 0. The van der Waals surface area contributed by atoms with E-state index >= 15 is 0 Å². The van der Waals surface area contributed by atoms with Gasteiger partial charge in [0.2, 0.25) is 0 Å². The molecular formula is C9H20ClN. The molecule has 1 aliphatic carbocycles. The van der Waals surface area contributed by atoms with Gasteiger partial charge in [-0.05, 0) is 30.6 Å². The van der Waals surface area contributed by atoms with Crippen LogP contribution < -0.4 is 5.73 Å². The fourth-order valence-electron chi connectivity index (χ4n) is 2.42. The van der Waals surface area contributed by atoms with E-state index in [2.05, 4.69) is 20.8 Å². The first-order valence-corrected chi connectivity index (χ1v) is 4.25. The Morgan fingerprint density at radius 1 is 1.27 bits per heavy atom. The zero-order chi connectivity index (χ0) is 7.78. The van der Waals surface area contributed by atoms with Crippen LogP contribution in [0.3, 0.4) is 0 Å². The minimum atomic E-state index is 0.